The molecule has 1 aliphatic heterocycles. The molecule has 0 spiro atoms. The van der Waals surface area contributed by atoms with E-state index < -0.39 is 24.3 Å². The molecule has 0 saturated heterocycles. The molecule has 0 bridgehead atoms. The van der Waals surface area contributed by atoms with Gasteiger partial charge in [-0.05, 0) is 48.8 Å². The van der Waals surface area contributed by atoms with Crippen molar-refractivity contribution in [2.45, 2.75) is 25.7 Å². The second-order valence-electron chi connectivity index (χ2n) is 7.48. The zero-order valence-corrected chi connectivity index (χ0v) is 16.8. The molecule has 0 fully saturated rings. The number of nitrogens with one attached hydrogen (secondary N) is 1. The number of amides is 3. The Bertz CT molecular complexity index is 1230. The van der Waals surface area contributed by atoms with Crippen LogP contribution >= 0.6 is 11.3 Å². The van der Waals surface area contributed by atoms with E-state index in [0.717, 1.165) is 46.4 Å². The molecule has 3 aromatic rings. The molecule has 0 unspecified atom stereocenters. The summed E-state index contributed by atoms with van der Waals surface area (Å²) >= 11 is 1.42. The number of benzene rings is 2. The molecule has 30 heavy (non-hydrogen) atoms. The van der Waals surface area contributed by atoms with Crippen molar-refractivity contribution in [1.82, 2.24) is 4.90 Å². The lowest BCUT2D eigenvalue weighted by atomic mass is 9.94. The summed E-state index contributed by atoms with van der Waals surface area (Å²) in [5.74, 6) is -1.45. The second kappa shape index (κ2) is 7.08. The number of nitriles is 1. The summed E-state index contributed by atoms with van der Waals surface area (Å²) in [6.45, 7) is -0.393. The summed E-state index contributed by atoms with van der Waals surface area (Å²) < 4.78 is 0. The maximum atomic E-state index is 13.0. The van der Waals surface area contributed by atoms with Gasteiger partial charge >= 0.3 is 0 Å². The van der Waals surface area contributed by atoms with Gasteiger partial charge in [0.05, 0.1) is 5.56 Å². The van der Waals surface area contributed by atoms with E-state index >= 15 is 0 Å². The first-order chi connectivity index (χ1) is 14.6. The average Bonchev–Trinajstić information content (AvgIpc) is 3.11. The van der Waals surface area contributed by atoms with Crippen molar-refractivity contribution in [2.75, 3.05) is 11.9 Å². The van der Waals surface area contributed by atoms with Crippen molar-refractivity contribution >= 4 is 44.8 Å². The van der Waals surface area contributed by atoms with Gasteiger partial charge in [-0.3, -0.25) is 19.3 Å². The van der Waals surface area contributed by atoms with Crippen molar-refractivity contribution in [3.05, 3.63) is 63.5 Å². The Hall–Kier alpha value is -3.50. The number of fused-ring (bicyclic) bond motifs is 1. The van der Waals surface area contributed by atoms with E-state index in [1.54, 1.807) is 24.3 Å². The van der Waals surface area contributed by atoms with Crippen LogP contribution in [0.3, 0.4) is 0 Å². The molecule has 2 aliphatic rings. The number of imide groups is 1. The Morgan fingerprint density at radius 2 is 1.73 bits per heavy atom. The first-order valence-corrected chi connectivity index (χ1v) is 10.6. The van der Waals surface area contributed by atoms with Crippen LogP contribution in [0.1, 0.15) is 49.6 Å². The molecule has 1 aromatic heterocycles. The van der Waals surface area contributed by atoms with Crippen molar-refractivity contribution in [2.24, 2.45) is 0 Å². The summed E-state index contributed by atoms with van der Waals surface area (Å²) in [6, 6.07) is 12.8. The van der Waals surface area contributed by atoms with E-state index in [4.69, 9.17) is 0 Å². The number of hydrogen-bond donors (Lipinski definition) is 1. The minimum Gasteiger partial charge on any atom is -0.315 e. The van der Waals surface area contributed by atoms with Crippen molar-refractivity contribution < 1.29 is 14.4 Å². The van der Waals surface area contributed by atoms with Gasteiger partial charge in [-0.25, -0.2) is 0 Å². The van der Waals surface area contributed by atoms with Gasteiger partial charge in [-0.15, -0.1) is 11.3 Å². The third-order valence-corrected chi connectivity index (χ3v) is 6.90. The van der Waals surface area contributed by atoms with E-state index in [0.29, 0.717) is 27.1 Å². The van der Waals surface area contributed by atoms with Crippen molar-refractivity contribution in [3.8, 4) is 6.07 Å². The maximum Gasteiger partial charge on any atom is 0.261 e. The Balaban J connectivity index is 1.42. The highest BCUT2D eigenvalue weighted by atomic mass is 32.1. The first kappa shape index (κ1) is 18.5. The van der Waals surface area contributed by atoms with Crippen LogP contribution in [0, 0.1) is 11.3 Å². The zero-order chi connectivity index (χ0) is 20.8. The number of thiophene rings is 1. The van der Waals surface area contributed by atoms with Crippen LogP contribution in [0.4, 0.5) is 5.00 Å². The van der Waals surface area contributed by atoms with E-state index in [2.05, 4.69) is 11.4 Å². The van der Waals surface area contributed by atoms with Crippen LogP contribution < -0.4 is 5.32 Å². The summed E-state index contributed by atoms with van der Waals surface area (Å²) in [5.41, 5.74) is 2.36. The van der Waals surface area contributed by atoms with Gasteiger partial charge in [0, 0.05) is 21.4 Å². The lowest BCUT2D eigenvalue weighted by Crippen LogP contribution is -2.44. The average molecular weight is 415 g/mol. The molecule has 5 rings (SSSR count). The fourth-order valence-corrected chi connectivity index (χ4v) is 5.56. The summed E-state index contributed by atoms with van der Waals surface area (Å²) in [5, 5.41) is 14.3. The minimum atomic E-state index is -0.488. The summed E-state index contributed by atoms with van der Waals surface area (Å²) in [4.78, 5) is 40.8. The molecule has 0 saturated carbocycles. The SMILES string of the molecule is N#Cc1c(NC(=O)CN2C(=O)c3cccc4cccc(c34)C2=O)sc2c1CCCC2. The summed E-state index contributed by atoms with van der Waals surface area (Å²) in [7, 11) is 0. The summed E-state index contributed by atoms with van der Waals surface area (Å²) in [6.07, 6.45) is 3.87. The molecular formula is C23H17N3O3S. The molecule has 2 aromatic carbocycles. The Labute approximate surface area is 176 Å². The molecule has 2 heterocycles. The van der Waals surface area contributed by atoms with Gasteiger partial charge < -0.3 is 5.32 Å². The predicted molar refractivity (Wildman–Crippen MR) is 114 cm³/mol. The second-order valence-corrected chi connectivity index (χ2v) is 8.59. The molecule has 148 valence electrons. The van der Waals surface area contributed by atoms with Crippen molar-refractivity contribution in [1.29, 1.82) is 5.26 Å². The van der Waals surface area contributed by atoms with Crippen molar-refractivity contribution in [3.63, 3.8) is 0 Å². The molecule has 0 radical (unpaired) electrons. The monoisotopic (exact) mass is 415 g/mol. The Morgan fingerprint density at radius 1 is 1.07 bits per heavy atom. The fourth-order valence-electron chi connectivity index (χ4n) is 4.31. The van der Waals surface area contributed by atoms with Crippen LogP contribution in [-0.4, -0.2) is 29.2 Å². The molecular weight excluding hydrogens is 398 g/mol. The number of carbonyl (C=O) groups is 3. The number of rotatable bonds is 3. The Morgan fingerprint density at radius 3 is 2.40 bits per heavy atom. The van der Waals surface area contributed by atoms with Crippen LogP contribution in [-0.2, 0) is 17.6 Å². The highest BCUT2D eigenvalue weighted by molar-refractivity contribution is 7.16. The van der Waals surface area contributed by atoms with Gasteiger partial charge in [0.25, 0.3) is 11.8 Å². The largest absolute Gasteiger partial charge is 0.315 e. The van der Waals surface area contributed by atoms with Crippen LogP contribution in [0.5, 0.6) is 0 Å². The molecule has 3 amide bonds. The van der Waals surface area contributed by atoms with Crippen LogP contribution in [0.2, 0.25) is 0 Å². The van der Waals surface area contributed by atoms with E-state index in [9.17, 15) is 19.6 Å². The number of aryl methyl sites for hydroxylation is 1. The highest BCUT2D eigenvalue weighted by Gasteiger charge is 2.34. The number of nitrogens with zero attached hydrogens (tertiary/aromatic N) is 2. The molecule has 0 atom stereocenters. The van der Waals surface area contributed by atoms with Gasteiger partial charge in [0.2, 0.25) is 5.91 Å². The van der Waals surface area contributed by atoms with Crippen LogP contribution in [0.25, 0.3) is 10.8 Å². The normalized spacial score (nSPS) is 15.1. The Kier molecular flexibility index (Phi) is 4.37. The lowest BCUT2D eigenvalue weighted by Gasteiger charge is -2.26. The predicted octanol–water partition coefficient (Wildman–Crippen LogP) is 3.89. The number of hydrogen-bond acceptors (Lipinski definition) is 5. The third-order valence-electron chi connectivity index (χ3n) is 5.69. The maximum absolute atomic E-state index is 13.0. The smallest absolute Gasteiger partial charge is 0.261 e. The third kappa shape index (κ3) is 2.80. The number of anilines is 1. The van der Waals surface area contributed by atoms with Crippen LogP contribution in [0.15, 0.2) is 36.4 Å². The minimum absolute atomic E-state index is 0.393. The lowest BCUT2D eigenvalue weighted by molar-refractivity contribution is -0.116. The van der Waals surface area contributed by atoms with E-state index in [1.165, 1.54) is 11.3 Å². The van der Waals surface area contributed by atoms with Gasteiger partial charge in [-0.1, -0.05) is 24.3 Å². The molecule has 7 heteroatoms. The molecule has 1 N–H and O–H groups in total. The first-order valence-electron chi connectivity index (χ1n) is 9.81. The number of carbonyl (C=O) groups excluding carboxylic acids is 3. The van der Waals surface area contributed by atoms with Gasteiger partial charge in [0.15, 0.2) is 0 Å². The zero-order valence-electron chi connectivity index (χ0n) is 16.0. The van der Waals surface area contributed by atoms with E-state index in [-0.39, 0.29) is 0 Å². The molecule has 6 nitrogen and oxygen atoms in total. The topological polar surface area (TPSA) is 90.3 Å². The van der Waals surface area contributed by atoms with Gasteiger partial charge in [0.1, 0.15) is 17.6 Å². The highest BCUT2D eigenvalue weighted by Crippen LogP contribution is 2.37. The van der Waals surface area contributed by atoms with E-state index in [1.807, 2.05) is 12.1 Å². The standard InChI is InChI=1S/C23H17N3O3S/c24-11-17-14-7-1-2-10-18(14)30-21(17)25-19(27)12-26-22(28)15-8-3-5-13-6-4-9-16(20(13)15)23(26)29/h3-6,8-9H,1-2,7,10,12H2,(H,25,27). The quantitative estimate of drug-likeness (QED) is 0.657. The fraction of sp³-hybridized carbons (Fsp3) is 0.217. The van der Waals surface area contributed by atoms with Gasteiger partial charge in [-0.2, -0.15) is 5.26 Å². The molecule has 1 aliphatic carbocycles.